The Morgan fingerprint density at radius 1 is 1.41 bits per heavy atom. The second-order valence-electron chi connectivity index (χ2n) is 6.01. The largest absolute Gasteiger partial charge is 0.328 e. The van der Waals surface area contributed by atoms with Crippen molar-refractivity contribution in [1.29, 1.82) is 0 Å². The van der Waals surface area contributed by atoms with Crippen molar-refractivity contribution in [2.45, 2.75) is 32.4 Å². The molecule has 124 valence electrons. The van der Waals surface area contributed by atoms with E-state index in [0.717, 1.165) is 18.4 Å². The van der Waals surface area contributed by atoms with Crippen LogP contribution >= 0.6 is 11.6 Å². The predicted molar refractivity (Wildman–Crippen MR) is 89.8 cm³/mol. The van der Waals surface area contributed by atoms with Crippen LogP contribution in [0.5, 0.6) is 0 Å². The van der Waals surface area contributed by atoms with Gasteiger partial charge in [-0.15, -0.1) is 0 Å². The molecule has 1 aliphatic heterocycles. The van der Waals surface area contributed by atoms with E-state index in [0.29, 0.717) is 24.7 Å². The molecule has 1 heterocycles. The molecule has 2 atom stereocenters. The van der Waals surface area contributed by atoms with Gasteiger partial charge in [-0.25, -0.2) is 0 Å². The van der Waals surface area contributed by atoms with E-state index in [1.54, 1.807) is 23.5 Å². The molecule has 0 bridgehead atoms. The quantitative estimate of drug-likeness (QED) is 0.888. The maximum absolute atomic E-state index is 12.7. The lowest BCUT2D eigenvalue weighted by atomic mass is 9.93. The van der Waals surface area contributed by atoms with Crippen molar-refractivity contribution in [2.24, 2.45) is 11.7 Å². The molecule has 0 aromatic heterocycles. The van der Waals surface area contributed by atoms with Crippen LogP contribution in [0.4, 0.5) is 0 Å². The van der Waals surface area contributed by atoms with E-state index in [1.807, 2.05) is 19.1 Å². The average molecular weight is 346 g/mol. The van der Waals surface area contributed by atoms with Crippen LogP contribution in [0.3, 0.4) is 0 Å². The Labute approximate surface area is 138 Å². The highest BCUT2D eigenvalue weighted by Crippen LogP contribution is 2.23. The predicted octanol–water partition coefficient (Wildman–Crippen LogP) is 2.08. The molecule has 1 aliphatic rings. The third-order valence-corrected chi connectivity index (χ3v) is 6.36. The summed E-state index contributed by atoms with van der Waals surface area (Å²) in [6.07, 6.45) is 1.85. The molecule has 1 aromatic carbocycles. The van der Waals surface area contributed by atoms with Crippen LogP contribution < -0.4 is 5.73 Å². The fraction of sp³-hybridized carbons (Fsp3) is 0.600. The number of nitrogens with zero attached hydrogens (tertiary/aromatic N) is 2. The summed E-state index contributed by atoms with van der Waals surface area (Å²) in [6.45, 7) is 3.35. The minimum absolute atomic E-state index is 0.0135. The number of benzene rings is 1. The lowest BCUT2D eigenvalue weighted by Gasteiger charge is -2.35. The lowest BCUT2D eigenvalue weighted by molar-refractivity contribution is 0.231. The Hall–Kier alpha value is -0.660. The van der Waals surface area contributed by atoms with Gasteiger partial charge in [-0.1, -0.05) is 23.7 Å². The Morgan fingerprint density at radius 2 is 2.05 bits per heavy atom. The van der Waals surface area contributed by atoms with Crippen molar-refractivity contribution in [3.05, 3.63) is 34.9 Å². The summed E-state index contributed by atoms with van der Waals surface area (Å²) in [5.41, 5.74) is 6.85. The van der Waals surface area contributed by atoms with Crippen molar-refractivity contribution in [3.8, 4) is 0 Å². The first kappa shape index (κ1) is 17.7. The van der Waals surface area contributed by atoms with Crippen molar-refractivity contribution in [1.82, 2.24) is 8.61 Å². The van der Waals surface area contributed by atoms with Crippen LogP contribution in [0, 0.1) is 5.92 Å². The van der Waals surface area contributed by atoms with E-state index < -0.39 is 10.2 Å². The van der Waals surface area contributed by atoms with Gasteiger partial charge in [0.25, 0.3) is 10.2 Å². The zero-order valence-corrected chi connectivity index (χ0v) is 14.6. The Bertz CT molecular complexity index is 589. The molecule has 2 N–H and O–H groups in total. The number of piperidine rings is 1. The average Bonchev–Trinajstić information content (AvgIpc) is 2.49. The maximum Gasteiger partial charge on any atom is 0.282 e. The maximum atomic E-state index is 12.7. The molecule has 0 radical (unpaired) electrons. The van der Waals surface area contributed by atoms with E-state index in [4.69, 9.17) is 17.3 Å². The van der Waals surface area contributed by atoms with Gasteiger partial charge in [0, 0.05) is 37.7 Å². The van der Waals surface area contributed by atoms with Crippen LogP contribution in [-0.2, 0) is 16.8 Å². The molecule has 5 nitrogen and oxygen atoms in total. The van der Waals surface area contributed by atoms with Crippen LogP contribution in [-0.4, -0.2) is 43.2 Å². The van der Waals surface area contributed by atoms with Gasteiger partial charge in [0.2, 0.25) is 0 Å². The number of rotatable bonds is 5. The minimum atomic E-state index is -3.46. The Morgan fingerprint density at radius 3 is 2.64 bits per heavy atom. The third-order valence-electron chi connectivity index (χ3n) is 4.20. The molecule has 0 amide bonds. The lowest BCUT2D eigenvalue weighted by Crippen LogP contribution is -2.49. The number of hydrogen-bond acceptors (Lipinski definition) is 3. The number of halogens is 1. The summed E-state index contributed by atoms with van der Waals surface area (Å²) in [5, 5.41) is 0.644. The monoisotopic (exact) mass is 345 g/mol. The molecule has 1 aromatic rings. The van der Waals surface area contributed by atoms with Crippen molar-refractivity contribution < 1.29 is 8.42 Å². The van der Waals surface area contributed by atoms with E-state index in [-0.39, 0.29) is 12.0 Å². The summed E-state index contributed by atoms with van der Waals surface area (Å²) < 4.78 is 28.4. The molecule has 2 rings (SSSR count). The first-order chi connectivity index (χ1) is 10.3. The highest BCUT2D eigenvalue weighted by atomic mass is 35.5. The Balaban J connectivity index is 2.06. The van der Waals surface area contributed by atoms with Crippen LogP contribution in [0.25, 0.3) is 0 Å². The van der Waals surface area contributed by atoms with Crippen molar-refractivity contribution >= 4 is 21.8 Å². The SMILES string of the molecule is C[C@@H](N)[C@H]1CCCN(S(=O)(=O)N(C)Cc2ccc(Cl)cc2)C1. The van der Waals surface area contributed by atoms with Gasteiger partial charge >= 0.3 is 0 Å². The molecule has 1 fully saturated rings. The van der Waals surface area contributed by atoms with Gasteiger partial charge < -0.3 is 5.73 Å². The minimum Gasteiger partial charge on any atom is -0.328 e. The van der Waals surface area contributed by atoms with E-state index in [9.17, 15) is 8.42 Å². The van der Waals surface area contributed by atoms with E-state index in [2.05, 4.69) is 0 Å². The summed E-state index contributed by atoms with van der Waals surface area (Å²) in [7, 11) is -1.85. The summed E-state index contributed by atoms with van der Waals surface area (Å²) in [4.78, 5) is 0. The molecular weight excluding hydrogens is 322 g/mol. The van der Waals surface area contributed by atoms with Gasteiger partial charge in [-0.3, -0.25) is 0 Å². The fourth-order valence-electron chi connectivity index (χ4n) is 2.74. The molecule has 0 aliphatic carbocycles. The van der Waals surface area contributed by atoms with Crippen LogP contribution in [0.1, 0.15) is 25.3 Å². The zero-order chi connectivity index (χ0) is 16.3. The second-order valence-corrected chi connectivity index (χ2v) is 8.48. The summed E-state index contributed by atoms with van der Waals surface area (Å²) >= 11 is 5.85. The van der Waals surface area contributed by atoms with E-state index >= 15 is 0 Å². The molecule has 0 spiro atoms. The first-order valence-electron chi connectivity index (χ1n) is 7.52. The highest BCUT2D eigenvalue weighted by molar-refractivity contribution is 7.86. The van der Waals surface area contributed by atoms with Crippen LogP contribution in [0.2, 0.25) is 5.02 Å². The molecule has 0 saturated carbocycles. The van der Waals surface area contributed by atoms with Gasteiger partial charge in [-0.2, -0.15) is 17.0 Å². The van der Waals surface area contributed by atoms with Gasteiger partial charge in [0.05, 0.1) is 0 Å². The molecular formula is C15H24ClN3O2S. The highest BCUT2D eigenvalue weighted by Gasteiger charge is 2.32. The van der Waals surface area contributed by atoms with E-state index in [1.165, 1.54) is 4.31 Å². The van der Waals surface area contributed by atoms with Gasteiger partial charge in [-0.05, 0) is 43.4 Å². The summed E-state index contributed by atoms with van der Waals surface area (Å²) in [5.74, 6) is 0.229. The standard InChI is InChI=1S/C15H24ClN3O2S/c1-12(17)14-4-3-9-19(11-14)22(20,21)18(2)10-13-5-7-15(16)8-6-13/h5-8,12,14H,3-4,9-11,17H2,1-2H3/t12-,14+/m1/s1. The normalized spacial score (nSPS) is 22.0. The molecule has 0 unspecified atom stereocenters. The van der Waals surface area contributed by atoms with Crippen molar-refractivity contribution in [3.63, 3.8) is 0 Å². The zero-order valence-electron chi connectivity index (χ0n) is 13.1. The fourth-order valence-corrected chi connectivity index (χ4v) is 4.31. The topological polar surface area (TPSA) is 66.6 Å². The molecule has 1 saturated heterocycles. The Kier molecular flexibility index (Phi) is 5.85. The molecule has 7 heteroatoms. The summed E-state index contributed by atoms with van der Waals surface area (Å²) in [6, 6.07) is 7.24. The first-order valence-corrected chi connectivity index (χ1v) is 9.29. The molecule has 22 heavy (non-hydrogen) atoms. The smallest absolute Gasteiger partial charge is 0.282 e. The second kappa shape index (κ2) is 7.27. The van der Waals surface area contributed by atoms with Crippen LogP contribution in [0.15, 0.2) is 24.3 Å². The number of hydrogen-bond donors (Lipinski definition) is 1. The van der Waals surface area contributed by atoms with Crippen molar-refractivity contribution in [2.75, 3.05) is 20.1 Å². The number of nitrogens with two attached hydrogens (primary N) is 1. The van der Waals surface area contributed by atoms with Gasteiger partial charge in [0.1, 0.15) is 0 Å². The third kappa shape index (κ3) is 4.20. The van der Waals surface area contributed by atoms with Gasteiger partial charge in [0.15, 0.2) is 0 Å².